The Hall–Kier alpha value is -5.24. The van der Waals surface area contributed by atoms with Crippen molar-refractivity contribution in [2.24, 2.45) is 5.92 Å². The van der Waals surface area contributed by atoms with Gasteiger partial charge in [0.15, 0.2) is 5.60 Å². The van der Waals surface area contributed by atoms with Crippen LogP contribution in [-0.4, -0.2) is 59.8 Å². The molecule has 1 spiro atoms. The summed E-state index contributed by atoms with van der Waals surface area (Å²) in [7, 11) is -3.67. The highest BCUT2D eigenvalue weighted by Crippen LogP contribution is 2.60. The van der Waals surface area contributed by atoms with Gasteiger partial charge >= 0.3 is 0 Å². The monoisotopic (exact) mass is 736 g/mol. The van der Waals surface area contributed by atoms with E-state index in [1.54, 1.807) is 60.4 Å². The third-order valence-corrected chi connectivity index (χ3v) is 13.4. The third-order valence-electron chi connectivity index (χ3n) is 11.0. The Kier molecular flexibility index (Phi) is 9.51. The molecular weight excluding hydrogens is 696 g/mol. The molecule has 3 aliphatic rings. The average Bonchev–Trinajstić information content (AvgIpc) is 3.57. The van der Waals surface area contributed by atoms with E-state index in [4.69, 9.17) is 4.74 Å². The zero-order chi connectivity index (χ0) is 37.7. The number of rotatable bonds is 9. The smallest absolute Gasteiger partial charge is 0.269 e. The van der Waals surface area contributed by atoms with Crippen LogP contribution in [0, 0.1) is 16.0 Å². The molecule has 1 saturated heterocycles. The molecule has 53 heavy (non-hydrogen) atoms. The number of nitrogens with zero attached hydrogens (tertiary/aromatic N) is 3. The molecule has 0 saturated carbocycles. The van der Waals surface area contributed by atoms with Crippen molar-refractivity contribution in [2.75, 3.05) is 16.8 Å². The van der Waals surface area contributed by atoms with Crippen LogP contribution >= 0.6 is 0 Å². The SMILES string of the molecule is C[C@H]1[C@H]([Si](C)(C)F)[C@@H](CC(=O)N2Cc3ccccc3C[C@H]2CO)O[C@]12C(=O)N(Cc1cccc(NC(=O)c3ccccc3)c1)c1ccc([N+](=O)[O-])cc12. The predicted octanol–water partition coefficient (Wildman–Crippen LogP) is 6.50. The molecule has 0 unspecified atom stereocenters. The Morgan fingerprint density at radius 1 is 1.02 bits per heavy atom. The molecule has 11 nitrogen and oxygen atoms in total. The topological polar surface area (TPSA) is 142 Å². The zero-order valence-electron chi connectivity index (χ0n) is 29.7. The first-order valence-corrected chi connectivity index (χ1v) is 20.7. The van der Waals surface area contributed by atoms with E-state index < -0.39 is 48.4 Å². The lowest BCUT2D eigenvalue weighted by atomic mass is 9.82. The Morgan fingerprint density at radius 2 is 1.74 bits per heavy atom. The van der Waals surface area contributed by atoms with E-state index in [1.807, 2.05) is 30.3 Å². The zero-order valence-corrected chi connectivity index (χ0v) is 30.7. The highest BCUT2D eigenvalue weighted by Gasteiger charge is 2.67. The summed E-state index contributed by atoms with van der Waals surface area (Å²) in [6.45, 7) is 4.86. The van der Waals surface area contributed by atoms with Gasteiger partial charge in [-0.2, -0.15) is 0 Å². The maximum atomic E-state index is 16.5. The van der Waals surface area contributed by atoms with Gasteiger partial charge in [0.25, 0.3) is 17.5 Å². The Bertz CT molecular complexity index is 2090. The van der Waals surface area contributed by atoms with Crippen molar-refractivity contribution >= 4 is 43.2 Å². The van der Waals surface area contributed by atoms with Crippen LogP contribution in [0.1, 0.15) is 46.0 Å². The molecule has 2 N–H and O–H groups in total. The van der Waals surface area contributed by atoms with Gasteiger partial charge in [-0.3, -0.25) is 24.5 Å². The van der Waals surface area contributed by atoms with Crippen LogP contribution in [0.4, 0.5) is 21.2 Å². The summed E-state index contributed by atoms with van der Waals surface area (Å²) in [5.41, 5.74) is 1.47. The van der Waals surface area contributed by atoms with Gasteiger partial charge in [0.1, 0.15) is 0 Å². The van der Waals surface area contributed by atoms with E-state index in [9.17, 15) is 29.6 Å². The summed E-state index contributed by atoms with van der Waals surface area (Å²) in [6, 6.07) is 27.2. The Labute approximate surface area is 307 Å². The van der Waals surface area contributed by atoms with Crippen molar-refractivity contribution in [3.63, 3.8) is 0 Å². The van der Waals surface area contributed by atoms with Crippen LogP contribution < -0.4 is 10.2 Å². The van der Waals surface area contributed by atoms with Gasteiger partial charge in [-0.05, 0) is 66.5 Å². The maximum absolute atomic E-state index is 16.5. The lowest BCUT2D eigenvalue weighted by molar-refractivity contribution is -0.385. The quantitative estimate of drug-likeness (QED) is 0.0865. The van der Waals surface area contributed by atoms with E-state index in [0.717, 1.165) is 11.1 Å². The first-order chi connectivity index (χ1) is 25.3. The van der Waals surface area contributed by atoms with E-state index in [2.05, 4.69) is 5.32 Å². The number of carbonyl (C=O) groups is 3. The molecule has 7 rings (SSSR count). The summed E-state index contributed by atoms with van der Waals surface area (Å²) in [5.74, 6) is -1.91. The molecule has 3 heterocycles. The number of hydrogen-bond acceptors (Lipinski definition) is 7. The van der Waals surface area contributed by atoms with Crippen LogP contribution in [0.15, 0.2) is 97.1 Å². The lowest BCUT2D eigenvalue weighted by Crippen LogP contribution is -2.48. The van der Waals surface area contributed by atoms with Gasteiger partial charge in [-0.1, -0.05) is 61.5 Å². The maximum Gasteiger partial charge on any atom is 0.269 e. The van der Waals surface area contributed by atoms with Crippen LogP contribution in [0.2, 0.25) is 18.6 Å². The number of hydrogen-bond donors (Lipinski definition) is 2. The second-order valence-electron chi connectivity index (χ2n) is 14.7. The van der Waals surface area contributed by atoms with E-state index >= 15 is 4.11 Å². The Morgan fingerprint density at radius 3 is 2.43 bits per heavy atom. The number of halogens is 1. The van der Waals surface area contributed by atoms with E-state index in [0.29, 0.717) is 28.9 Å². The van der Waals surface area contributed by atoms with Crippen LogP contribution in [0.25, 0.3) is 0 Å². The van der Waals surface area contributed by atoms with Gasteiger partial charge in [0.05, 0.1) is 42.3 Å². The predicted molar refractivity (Wildman–Crippen MR) is 199 cm³/mol. The first-order valence-electron chi connectivity index (χ1n) is 17.7. The summed E-state index contributed by atoms with van der Waals surface area (Å²) in [6.07, 6.45) is -0.761. The van der Waals surface area contributed by atoms with Gasteiger partial charge < -0.3 is 29.1 Å². The standard InChI is InChI=1S/C40H41FN4O7Si/c1-25-37(53(2,3)41)35(21-36(47)43-23-29-14-8-7-13-28(29)19-32(43)24-46)52-40(25)33-20-31(45(50)51)16-17-34(33)44(39(40)49)22-26-10-9-15-30(18-26)42-38(48)27-11-5-4-6-12-27/h4-18,20,25,32,35,37,46H,19,21-24H2,1-3H3,(H,42,48)/t25-,32-,35+,37-,40+/m0/s1. The van der Waals surface area contributed by atoms with E-state index in [1.165, 1.54) is 36.2 Å². The number of non-ortho nitro benzene ring substituents is 1. The molecule has 1 fully saturated rings. The molecule has 0 radical (unpaired) electrons. The van der Waals surface area contributed by atoms with Gasteiger partial charge in [0.2, 0.25) is 14.3 Å². The number of ether oxygens (including phenoxy) is 1. The van der Waals surface area contributed by atoms with Crippen molar-refractivity contribution in [2.45, 2.75) is 69.2 Å². The second-order valence-corrected chi connectivity index (χ2v) is 18.5. The molecule has 0 bridgehead atoms. The van der Waals surface area contributed by atoms with Gasteiger partial charge in [-0.25, -0.2) is 0 Å². The number of carbonyl (C=O) groups excluding carboxylic acids is 3. The highest BCUT2D eigenvalue weighted by atomic mass is 28.4. The summed E-state index contributed by atoms with van der Waals surface area (Å²) >= 11 is 0. The number of nitrogens with one attached hydrogen (secondary N) is 1. The van der Waals surface area contributed by atoms with Crippen LogP contribution in [-0.2, 0) is 39.4 Å². The van der Waals surface area contributed by atoms with Crippen molar-refractivity contribution in [1.29, 1.82) is 0 Å². The molecule has 4 aromatic carbocycles. The fourth-order valence-electron chi connectivity index (χ4n) is 8.56. The average molecular weight is 737 g/mol. The number of nitro benzene ring substituents is 1. The number of fused-ring (bicyclic) bond motifs is 3. The number of aliphatic hydroxyl groups is 1. The van der Waals surface area contributed by atoms with Gasteiger partial charge in [0, 0.05) is 47.0 Å². The molecule has 3 amide bonds. The summed E-state index contributed by atoms with van der Waals surface area (Å²) in [4.78, 5) is 56.5. The number of aliphatic hydroxyl groups excluding tert-OH is 1. The fraction of sp³-hybridized carbons (Fsp3) is 0.325. The minimum atomic E-state index is -3.67. The number of benzene rings is 4. The Balaban J connectivity index is 1.22. The lowest BCUT2D eigenvalue weighted by Gasteiger charge is -2.37. The van der Waals surface area contributed by atoms with Crippen molar-refractivity contribution < 1.29 is 33.3 Å². The minimum absolute atomic E-state index is 0.0343. The number of anilines is 2. The van der Waals surface area contributed by atoms with Crippen molar-refractivity contribution in [3.8, 4) is 0 Å². The second kappa shape index (κ2) is 14.0. The normalized spacial score (nSPS) is 23.5. The number of nitro groups is 1. The third kappa shape index (κ3) is 6.53. The van der Waals surface area contributed by atoms with Crippen LogP contribution in [0.3, 0.4) is 0 Å². The van der Waals surface area contributed by atoms with Crippen molar-refractivity contribution in [3.05, 3.63) is 135 Å². The first kappa shape index (κ1) is 36.1. The molecule has 274 valence electrons. The summed E-state index contributed by atoms with van der Waals surface area (Å²) < 4.78 is 23.3. The molecule has 0 aliphatic carbocycles. The molecular formula is C40H41FN4O7Si. The number of amides is 3. The molecule has 4 aromatic rings. The largest absolute Gasteiger partial charge is 0.394 e. The highest BCUT2D eigenvalue weighted by molar-refractivity contribution is 6.72. The molecule has 0 aromatic heterocycles. The molecule has 13 heteroatoms. The molecule has 3 aliphatic heterocycles. The van der Waals surface area contributed by atoms with E-state index in [-0.39, 0.29) is 49.2 Å². The fourth-order valence-corrected chi connectivity index (χ4v) is 11.1. The molecule has 5 atom stereocenters. The summed E-state index contributed by atoms with van der Waals surface area (Å²) in [5, 5.41) is 25.2. The van der Waals surface area contributed by atoms with Crippen molar-refractivity contribution in [1.82, 2.24) is 4.90 Å². The van der Waals surface area contributed by atoms with Gasteiger partial charge in [-0.15, -0.1) is 0 Å². The van der Waals surface area contributed by atoms with Crippen LogP contribution in [0.5, 0.6) is 0 Å². The minimum Gasteiger partial charge on any atom is -0.394 e.